The molecule has 0 atom stereocenters. The van der Waals surface area contributed by atoms with E-state index in [4.69, 9.17) is 0 Å². The molecular weight excluding hydrogens is 275 g/mol. The van der Waals surface area contributed by atoms with E-state index in [9.17, 15) is 4.79 Å². The monoisotopic (exact) mass is 291 g/mol. The van der Waals surface area contributed by atoms with Crippen LogP contribution in [0.2, 0.25) is 5.32 Å². The first-order valence-corrected chi connectivity index (χ1v) is 8.57. The molecule has 1 nitrogen and oxygen atoms in total. The first kappa shape index (κ1) is 12.1. The quantitative estimate of drug-likeness (QED) is 0.618. The van der Waals surface area contributed by atoms with E-state index in [1.54, 1.807) is 6.92 Å². The summed E-state index contributed by atoms with van der Waals surface area (Å²) in [6.45, 7) is 5.32. The molecule has 2 rings (SSSR count). The molecule has 17 heavy (non-hydrogen) atoms. The standard InChI is InChI=1S/C15H15OSe/c1-3-4-13-9-10-17(11-13)15-7-5-14(6-8-15)12(2)16/h3-10H,1,11H2,2H3/b13-4-. The van der Waals surface area contributed by atoms with Crippen LogP contribution in [0.5, 0.6) is 0 Å². The second-order valence-corrected chi connectivity index (χ2v) is 7.90. The van der Waals surface area contributed by atoms with Crippen LogP contribution in [0.15, 0.2) is 59.6 Å². The summed E-state index contributed by atoms with van der Waals surface area (Å²) in [5, 5.41) is 1.14. The van der Waals surface area contributed by atoms with Crippen LogP contribution in [0.3, 0.4) is 0 Å². The van der Waals surface area contributed by atoms with Crippen molar-refractivity contribution in [3.63, 3.8) is 0 Å². The van der Waals surface area contributed by atoms with Crippen molar-refractivity contribution in [1.29, 1.82) is 0 Å². The van der Waals surface area contributed by atoms with Crippen LogP contribution in [0.4, 0.5) is 0 Å². The first-order valence-electron chi connectivity index (χ1n) is 5.51. The van der Waals surface area contributed by atoms with Gasteiger partial charge in [0.15, 0.2) is 0 Å². The molecule has 0 aliphatic carbocycles. The molecule has 0 amide bonds. The Morgan fingerprint density at radius 3 is 2.65 bits per heavy atom. The zero-order valence-electron chi connectivity index (χ0n) is 9.85. The molecular formula is C15H15OSe. The maximum atomic E-state index is 11.2. The zero-order chi connectivity index (χ0) is 12.3. The molecule has 1 radical (unpaired) electrons. The summed E-state index contributed by atoms with van der Waals surface area (Å²) in [7, 11) is 0. The second kappa shape index (κ2) is 5.31. The molecule has 1 aliphatic heterocycles. The Hall–Kier alpha value is -1.37. The molecule has 0 spiro atoms. The van der Waals surface area contributed by atoms with Crippen LogP contribution in [-0.4, -0.2) is 19.7 Å². The van der Waals surface area contributed by atoms with E-state index in [2.05, 4.69) is 35.8 Å². The van der Waals surface area contributed by atoms with Crippen molar-refractivity contribution >= 4 is 24.1 Å². The van der Waals surface area contributed by atoms with Gasteiger partial charge in [-0.05, 0) is 0 Å². The summed E-state index contributed by atoms with van der Waals surface area (Å²) in [6.07, 6.45) is 6.11. The number of hydrogen-bond donors (Lipinski definition) is 0. The number of Topliss-reactive ketones (excluding diaryl/α,β-unsaturated/α-hetero) is 1. The van der Waals surface area contributed by atoms with E-state index in [0.29, 0.717) is 0 Å². The molecule has 1 heterocycles. The molecule has 87 valence electrons. The van der Waals surface area contributed by atoms with Gasteiger partial charge in [0.05, 0.1) is 0 Å². The van der Waals surface area contributed by atoms with Gasteiger partial charge in [0.25, 0.3) is 0 Å². The predicted octanol–water partition coefficient (Wildman–Crippen LogP) is 2.81. The molecule has 0 aromatic heterocycles. The summed E-state index contributed by atoms with van der Waals surface area (Å²) in [5.41, 5.74) is 2.16. The van der Waals surface area contributed by atoms with Crippen LogP contribution in [0.25, 0.3) is 0 Å². The fraction of sp³-hybridized carbons (Fsp3) is 0.133. The van der Waals surface area contributed by atoms with E-state index in [1.165, 1.54) is 10.0 Å². The van der Waals surface area contributed by atoms with Crippen LogP contribution in [0.1, 0.15) is 17.3 Å². The minimum atomic E-state index is -0.847. The molecule has 1 aromatic carbocycles. The van der Waals surface area contributed by atoms with Crippen molar-refractivity contribution in [1.82, 2.24) is 0 Å². The van der Waals surface area contributed by atoms with Crippen molar-refractivity contribution in [3.8, 4) is 0 Å². The Morgan fingerprint density at radius 1 is 1.35 bits per heavy atom. The third-order valence-corrected chi connectivity index (χ3v) is 6.83. The first-order chi connectivity index (χ1) is 8.20. The van der Waals surface area contributed by atoms with Crippen molar-refractivity contribution in [3.05, 3.63) is 65.2 Å². The topological polar surface area (TPSA) is 17.1 Å². The fourth-order valence-corrected chi connectivity index (χ4v) is 5.50. The molecule has 0 fully saturated rings. The Kier molecular flexibility index (Phi) is 3.78. The number of ketones is 1. The average Bonchev–Trinajstić information content (AvgIpc) is 2.78. The molecule has 0 bridgehead atoms. The van der Waals surface area contributed by atoms with Gasteiger partial charge >= 0.3 is 106 Å². The van der Waals surface area contributed by atoms with Gasteiger partial charge in [-0.1, -0.05) is 0 Å². The number of benzene rings is 1. The van der Waals surface area contributed by atoms with E-state index in [-0.39, 0.29) is 5.78 Å². The summed E-state index contributed by atoms with van der Waals surface area (Å²) < 4.78 is 1.39. The Labute approximate surface area is 106 Å². The molecule has 2 heteroatoms. The van der Waals surface area contributed by atoms with Crippen LogP contribution < -0.4 is 4.46 Å². The number of allylic oxidation sites excluding steroid dienone is 4. The van der Waals surface area contributed by atoms with E-state index in [1.807, 2.05) is 18.2 Å². The molecule has 1 aliphatic rings. The number of hydrogen-bond acceptors (Lipinski definition) is 1. The molecule has 0 saturated carbocycles. The van der Waals surface area contributed by atoms with Gasteiger partial charge in [0, 0.05) is 0 Å². The summed E-state index contributed by atoms with van der Waals surface area (Å²) in [6, 6.07) is 8.07. The zero-order valence-corrected chi connectivity index (χ0v) is 11.6. The summed E-state index contributed by atoms with van der Waals surface area (Å²) in [4.78, 5) is 13.5. The molecule has 1 aromatic rings. The van der Waals surface area contributed by atoms with Gasteiger partial charge in [0.1, 0.15) is 0 Å². The molecule has 0 saturated heterocycles. The van der Waals surface area contributed by atoms with Gasteiger partial charge in [-0.3, -0.25) is 0 Å². The van der Waals surface area contributed by atoms with Crippen molar-refractivity contribution in [2.24, 2.45) is 0 Å². The minimum absolute atomic E-state index is 0.130. The van der Waals surface area contributed by atoms with Crippen molar-refractivity contribution in [2.75, 3.05) is 0 Å². The van der Waals surface area contributed by atoms with Gasteiger partial charge in [-0.15, -0.1) is 0 Å². The van der Waals surface area contributed by atoms with Crippen molar-refractivity contribution < 1.29 is 4.79 Å². The predicted molar refractivity (Wildman–Crippen MR) is 74.1 cm³/mol. The Balaban J connectivity index is 2.15. The normalized spacial score (nSPS) is 17.6. The fourth-order valence-electron chi connectivity index (χ4n) is 1.73. The van der Waals surface area contributed by atoms with Crippen LogP contribution in [0, 0.1) is 0 Å². The van der Waals surface area contributed by atoms with Crippen LogP contribution in [-0.2, 0) is 0 Å². The average molecular weight is 290 g/mol. The SMILES string of the molecule is C=C/C=C1/C=C[Se](c2ccc(C(C)=O)cc2)C1. The van der Waals surface area contributed by atoms with E-state index < -0.39 is 13.9 Å². The third kappa shape index (κ3) is 2.85. The van der Waals surface area contributed by atoms with Gasteiger partial charge in [0.2, 0.25) is 0 Å². The van der Waals surface area contributed by atoms with Gasteiger partial charge in [-0.2, -0.15) is 0 Å². The Morgan fingerprint density at radius 2 is 2.06 bits per heavy atom. The maximum absolute atomic E-state index is 11.2. The summed E-state index contributed by atoms with van der Waals surface area (Å²) >= 11 is -0.847. The summed E-state index contributed by atoms with van der Waals surface area (Å²) in [5.74, 6) is 0.130. The molecule has 0 unspecified atom stereocenters. The van der Waals surface area contributed by atoms with Crippen LogP contribution >= 0.6 is 0 Å². The molecule has 0 N–H and O–H groups in total. The number of rotatable bonds is 3. The van der Waals surface area contributed by atoms with E-state index in [0.717, 1.165) is 10.9 Å². The van der Waals surface area contributed by atoms with Crippen molar-refractivity contribution in [2.45, 2.75) is 12.2 Å². The van der Waals surface area contributed by atoms with Gasteiger partial charge in [-0.25, -0.2) is 0 Å². The Bertz CT molecular complexity index is 494. The van der Waals surface area contributed by atoms with E-state index >= 15 is 0 Å². The number of carbonyl (C=O) groups is 1. The number of carbonyl (C=O) groups excluding carboxylic acids is 1. The second-order valence-electron chi connectivity index (χ2n) is 3.93. The van der Waals surface area contributed by atoms with Gasteiger partial charge < -0.3 is 0 Å². The third-order valence-electron chi connectivity index (χ3n) is 2.66.